The number of hydrogen-bond donors (Lipinski definition) is 2. The van der Waals surface area contributed by atoms with Gasteiger partial charge in [0.2, 0.25) is 5.82 Å². The molecular weight excluding hydrogens is 272 g/mol. The number of nitrogens with one attached hydrogen (secondary N) is 2. The van der Waals surface area contributed by atoms with Crippen molar-refractivity contribution >= 4 is 11.5 Å². The third-order valence-electron chi connectivity index (χ3n) is 3.35. The maximum atomic E-state index is 11.0. The number of hydrogen-bond acceptors (Lipinski definition) is 7. The van der Waals surface area contributed by atoms with Crippen LogP contribution < -0.4 is 10.6 Å². The summed E-state index contributed by atoms with van der Waals surface area (Å²) in [6.07, 6.45) is 2.23. The van der Waals surface area contributed by atoms with Gasteiger partial charge in [0.05, 0.1) is 10.5 Å². The highest BCUT2D eigenvalue weighted by Crippen LogP contribution is 2.22. The van der Waals surface area contributed by atoms with Crippen LogP contribution >= 0.6 is 0 Å². The van der Waals surface area contributed by atoms with E-state index in [4.69, 9.17) is 5.26 Å². The molecule has 8 heteroatoms. The number of anilines is 1. The summed E-state index contributed by atoms with van der Waals surface area (Å²) < 4.78 is 0. The average molecular weight is 290 g/mol. The molecule has 2 rings (SSSR count). The van der Waals surface area contributed by atoms with Crippen molar-refractivity contribution < 1.29 is 4.92 Å². The normalized spacial score (nSPS) is 15.4. The molecule has 1 saturated heterocycles. The molecule has 1 aliphatic rings. The van der Waals surface area contributed by atoms with E-state index in [1.165, 1.54) is 12.3 Å². The lowest BCUT2D eigenvalue weighted by molar-refractivity contribution is -0.384. The van der Waals surface area contributed by atoms with Gasteiger partial charge >= 0.3 is 5.69 Å². The summed E-state index contributed by atoms with van der Waals surface area (Å²) in [5, 5.41) is 26.0. The summed E-state index contributed by atoms with van der Waals surface area (Å²) in [7, 11) is 0. The van der Waals surface area contributed by atoms with Gasteiger partial charge in [-0.2, -0.15) is 5.26 Å². The van der Waals surface area contributed by atoms with Gasteiger partial charge in [0.25, 0.3) is 0 Å². The summed E-state index contributed by atoms with van der Waals surface area (Å²) in [6.45, 7) is 5.67. The van der Waals surface area contributed by atoms with Crippen molar-refractivity contribution in [1.82, 2.24) is 15.2 Å². The molecule has 1 aromatic heterocycles. The van der Waals surface area contributed by atoms with Crippen molar-refractivity contribution in [2.45, 2.75) is 6.42 Å². The molecule has 1 fully saturated rings. The predicted molar refractivity (Wildman–Crippen MR) is 78.0 cm³/mol. The molecular formula is C13H18N6O2. The lowest BCUT2D eigenvalue weighted by atomic mass is 10.2. The topological polar surface area (TPSA) is 107 Å². The standard InChI is InChI=1S/C13H18N6O2/c14-9-11-8-12(19(20)21)13(17-10-11)16-2-1-5-18-6-3-15-4-7-18/h8,10,15H,1-7H2,(H,16,17). The fraction of sp³-hybridized carbons (Fsp3) is 0.538. The van der Waals surface area contributed by atoms with E-state index in [2.05, 4.69) is 20.5 Å². The molecule has 2 heterocycles. The number of aromatic nitrogens is 1. The fourth-order valence-corrected chi connectivity index (χ4v) is 2.23. The summed E-state index contributed by atoms with van der Waals surface area (Å²) in [5.41, 5.74) is 0.0317. The third-order valence-corrected chi connectivity index (χ3v) is 3.35. The smallest absolute Gasteiger partial charge is 0.312 e. The quantitative estimate of drug-likeness (QED) is 0.448. The van der Waals surface area contributed by atoms with E-state index in [0.29, 0.717) is 6.54 Å². The molecule has 0 aliphatic carbocycles. The number of pyridine rings is 1. The van der Waals surface area contributed by atoms with Crippen LogP contribution in [0.5, 0.6) is 0 Å². The molecule has 21 heavy (non-hydrogen) atoms. The number of rotatable bonds is 6. The average Bonchev–Trinajstić information content (AvgIpc) is 2.52. The second kappa shape index (κ2) is 7.52. The lowest BCUT2D eigenvalue weighted by Crippen LogP contribution is -2.44. The summed E-state index contributed by atoms with van der Waals surface area (Å²) in [4.78, 5) is 16.8. The van der Waals surface area contributed by atoms with Gasteiger partial charge in [-0.05, 0) is 13.0 Å². The van der Waals surface area contributed by atoms with Crippen molar-refractivity contribution in [3.63, 3.8) is 0 Å². The Morgan fingerprint density at radius 2 is 2.29 bits per heavy atom. The first kappa shape index (κ1) is 15.2. The van der Waals surface area contributed by atoms with Crippen molar-refractivity contribution in [2.75, 3.05) is 44.6 Å². The van der Waals surface area contributed by atoms with Crippen LogP contribution in [0.2, 0.25) is 0 Å². The van der Waals surface area contributed by atoms with Crippen molar-refractivity contribution in [3.05, 3.63) is 27.9 Å². The third kappa shape index (κ3) is 4.37. The maximum absolute atomic E-state index is 11.0. The van der Waals surface area contributed by atoms with E-state index in [1.807, 2.05) is 6.07 Å². The zero-order chi connectivity index (χ0) is 15.1. The Kier molecular flexibility index (Phi) is 5.43. The molecule has 2 N–H and O–H groups in total. The van der Waals surface area contributed by atoms with Crippen LogP contribution in [0.25, 0.3) is 0 Å². The molecule has 1 aliphatic heterocycles. The van der Waals surface area contributed by atoms with Gasteiger partial charge in [-0.1, -0.05) is 0 Å². The van der Waals surface area contributed by atoms with Gasteiger partial charge in [-0.3, -0.25) is 10.1 Å². The molecule has 0 bridgehead atoms. The van der Waals surface area contributed by atoms with Gasteiger partial charge in [0, 0.05) is 45.0 Å². The second-order valence-corrected chi connectivity index (χ2v) is 4.83. The molecule has 0 aromatic carbocycles. The monoisotopic (exact) mass is 290 g/mol. The zero-order valence-electron chi connectivity index (χ0n) is 11.7. The van der Waals surface area contributed by atoms with Crippen LogP contribution in [0.3, 0.4) is 0 Å². The van der Waals surface area contributed by atoms with E-state index in [9.17, 15) is 10.1 Å². The van der Waals surface area contributed by atoms with Crippen LogP contribution in [0.1, 0.15) is 12.0 Å². The van der Waals surface area contributed by atoms with E-state index >= 15 is 0 Å². The molecule has 8 nitrogen and oxygen atoms in total. The molecule has 112 valence electrons. The molecule has 0 unspecified atom stereocenters. The molecule has 0 amide bonds. The summed E-state index contributed by atoms with van der Waals surface area (Å²) in [5.74, 6) is 0.222. The van der Waals surface area contributed by atoms with Crippen molar-refractivity contribution in [2.24, 2.45) is 0 Å². The minimum absolute atomic E-state index is 0.156. The number of piperazine rings is 1. The molecule has 0 radical (unpaired) electrons. The first-order chi connectivity index (χ1) is 10.2. The predicted octanol–water partition coefficient (Wildman–Crippen LogP) is 0.569. The molecule has 0 atom stereocenters. The van der Waals surface area contributed by atoms with Gasteiger partial charge in [-0.25, -0.2) is 4.98 Å². The van der Waals surface area contributed by atoms with Crippen LogP contribution in [0.4, 0.5) is 11.5 Å². The zero-order valence-corrected chi connectivity index (χ0v) is 11.7. The van der Waals surface area contributed by atoms with Crippen LogP contribution in [0, 0.1) is 21.4 Å². The minimum atomic E-state index is -0.521. The Bertz CT molecular complexity index is 536. The Balaban J connectivity index is 1.85. The first-order valence-corrected chi connectivity index (χ1v) is 6.92. The molecule has 0 saturated carbocycles. The Morgan fingerprint density at radius 1 is 1.52 bits per heavy atom. The highest BCUT2D eigenvalue weighted by Gasteiger charge is 2.16. The summed E-state index contributed by atoms with van der Waals surface area (Å²) in [6, 6.07) is 3.09. The Morgan fingerprint density at radius 3 is 2.95 bits per heavy atom. The van der Waals surface area contributed by atoms with Crippen molar-refractivity contribution in [1.29, 1.82) is 5.26 Å². The maximum Gasteiger partial charge on any atom is 0.312 e. The SMILES string of the molecule is N#Cc1cnc(NCCCN2CCNCC2)c([N+](=O)[O-])c1. The lowest BCUT2D eigenvalue weighted by Gasteiger charge is -2.27. The first-order valence-electron chi connectivity index (χ1n) is 6.92. The van der Waals surface area contributed by atoms with Gasteiger partial charge in [-0.15, -0.1) is 0 Å². The number of nitrogens with zero attached hydrogens (tertiary/aromatic N) is 4. The number of nitro groups is 1. The Hall–Kier alpha value is -2.24. The molecule has 1 aromatic rings. The van der Waals surface area contributed by atoms with Gasteiger partial charge in [0.15, 0.2) is 0 Å². The van der Waals surface area contributed by atoms with Crippen molar-refractivity contribution in [3.8, 4) is 6.07 Å². The van der Waals surface area contributed by atoms with Crippen LogP contribution in [-0.4, -0.2) is 54.1 Å². The van der Waals surface area contributed by atoms with Gasteiger partial charge < -0.3 is 15.5 Å². The highest BCUT2D eigenvalue weighted by atomic mass is 16.6. The fourth-order valence-electron chi connectivity index (χ4n) is 2.23. The highest BCUT2D eigenvalue weighted by molar-refractivity contribution is 5.58. The van der Waals surface area contributed by atoms with E-state index in [0.717, 1.165) is 39.1 Å². The summed E-state index contributed by atoms with van der Waals surface area (Å²) >= 11 is 0. The Labute approximate surface area is 122 Å². The second-order valence-electron chi connectivity index (χ2n) is 4.83. The largest absolute Gasteiger partial charge is 0.364 e. The molecule has 0 spiro atoms. The minimum Gasteiger partial charge on any atom is -0.364 e. The van der Waals surface area contributed by atoms with E-state index < -0.39 is 4.92 Å². The van der Waals surface area contributed by atoms with E-state index in [-0.39, 0.29) is 17.1 Å². The van der Waals surface area contributed by atoms with Crippen LogP contribution in [-0.2, 0) is 0 Å². The van der Waals surface area contributed by atoms with Crippen LogP contribution in [0.15, 0.2) is 12.3 Å². The van der Waals surface area contributed by atoms with Gasteiger partial charge in [0.1, 0.15) is 6.07 Å². The van der Waals surface area contributed by atoms with E-state index in [1.54, 1.807) is 0 Å². The number of nitriles is 1.